The van der Waals surface area contributed by atoms with Gasteiger partial charge in [0.15, 0.2) is 0 Å². The molecule has 1 atom stereocenters. The van der Waals surface area contributed by atoms with Crippen molar-refractivity contribution in [3.05, 3.63) is 60.2 Å². The van der Waals surface area contributed by atoms with Crippen LogP contribution in [0.1, 0.15) is 19.4 Å². The maximum atomic E-state index is 5.47. The molecule has 2 rings (SSSR count). The quantitative estimate of drug-likeness (QED) is 0.755. The maximum absolute atomic E-state index is 5.47. The van der Waals surface area contributed by atoms with Crippen LogP contribution in [0.4, 0.5) is 0 Å². The molecule has 0 saturated carbocycles. The Morgan fingerprint density at radius 3 is 2.17 bits per heavy atom. The van der Waals surface area contributed by atoms with Crippen LogP contribution in [0.25, 0.3) is 0 Å². The van der Waals surface area contributed by atoms with Gasteiger partial charge in [-0.2, -0.15) is 0 Å². The Hall–Kier alpha value is -1.33. The van der Waals surface area contributed by atoms with E-state index in [4.69, 9.17) is 4.74 Å². The Labute approximate surface area is 111 Å². The number of hydrogen-bond donors (Lipinski definition) is 0. The second-order valence-corrected chi connectivity index (χ2v) is 6.89. The summed E-state index contributed by atoms with van der Waals surface area (Å²) >= 11 is 0. The van der Waals surface area contributed by atoms with E-state index in [0.29, 0.717) is 0 Å². The van der Waals surface area contributed by atoms with Gasteiger partial charge in [0.05, 0.1) is 7.11 Å². The summed E-state index contributed by atoms with van der Waals surface area (Å²) in [7, 11) is 2.46. The fraction of sp³-hybridized carbons (Fsp3) is 0.250. The number of benzene rings is 2. The summed E-state index contributed by atoms with van der Waals surface area (Å²) < 4.78 is 5.47. The smallest absolute Gasteiger partial charge is 0.122 e. The Kier molecular flexibility index (Phi) is 4.04. The molecular formula is C16H19OP. The van der Waals surface area contributed by atoms with E-state index in [2.05, 4.69) is 56.3 Å². The molecule has 2 aromatic rings. The molecule has 0 radical (unpaired) electrons. The number of methoxy groups -OCH3 is 1. The highest BCUT2D eigenvalue weighted by Crippen LogP contribution is 2.43. The van der Waals surface area contributed by atoms with Gasteiger partial charge in [-0.3, -0.25) is 0 Å². The SMILES string of the molecule is COc1ccccc1C(C)(C)Pc1ccccc1. The molecule has 0 amide bonds. The van der Waals surface area contributed by atoms with E-state index < -0.39 is 0 Å². The zero-order chi connectivity index (χ0) is 13.0. The number of para-hydroxylation sites is 1. The third-order valence-corrected chi connectivity index (χ3v) is 4.53. The first-order valence-corrected chi connectivity index (χ1v) is 7.10. The predicted octanol–water partition coefficient (Wildman–Crippen LogP) is 3.93. The summed E-state index contributed by atoms with van der Waals surface area (Å²) in [6.45, 7) is 4.55. The van der Waals surface area contributed by atoms with Crippen LogP contribution >= 0.6 is 8.58 Å². The molecule has 1 unspecified atom stereocenters. The normalized spacial score (nSPS) is 11.9. The van der Waals surface area contributed by atoms with Crippen molar-refractivity contribution in [2.45, 2.75) is 19.0 Å². The van der Waals surface area contributed by atoms with Crippen LogP contribution in [0, 0.1) is 0 Å². The molecular weight excluding hydrogens is 239 g/mol. The Morgan fingerprint density at radius 2 is 1.50 bits per heavy atom. The lowest BCUT2D eigenvalue weighted by Gasteiger charge is -2.27. The van der Waals surface area contributed by atoms with Crippen molar-refractivity contribution >= 4 is 13.9 Å². The van der Waals surface area contributed by atoms with Crippen LogP contribution in [0.15, 0.2) is 54.6 Å². The molecule has 0 aliphatic rings. The van der Waals surface area contributed by atoms with Gasteiger partial charge in [0.25, 0.3) is 0 Å². The molecule has 0 fully saturated rings. The first kappa shape index (κ1) is 13.1. The lowest BCUT2D eigenvalue weighted by molar-refractivity contribution is 0.405. The topological polar surface area (TPSA) is 9.23 Å². The molecule has 2 heteroatoms. The van der Waals surface area contributed by atoms with Gasteiger partial charge in [-0.25, -0.2) is 0 Å². The van der Waals surface area contributed by atoms with E-state index in [1.54, 1.807) is 7.11 Å². The summed E-state index contributed by atoms with van der Waals surface area (Å²) in [6.07, 6.45) is 0. The van der Waals surface area contributed by atoms with Crippen molar-refractivity contribution < 1.29 is 4.74 Å². The average Bonchev–Trinajstić information content (AvgIpc) is 2.39. The van der Waals surface area contributed by atoms with Gasteiger partial charge in [-0.05, 0) is 11.4 Å². The predicted molar refractivity (Wildman–Crippen MR) is 80.4 cm³/mol. The van der Waals surface area contributed by atoms with Gasteiger partial charge in [-0.15, -0.1) is 0 Å². The highest BCUT2D eigenvalue weighted by atomic mass is 31.1. The summed E-state index contributed by atoms with van der Waals surface area (Å²) in [5.74, 6) is 0.978. The highest BCUT2D eigenvalue weighted by Gasteiger charge is 2.24. The highest BCUT2D eigenvalue weighted by molar-refractivity contribution is 7.48. The third kappa shape index (κ3) is 2.91. The van der Waals surface area contributed by atoms with Gasteiger partial charge in [0, 0.05) is 10.7 Å². The fourth-order valence-corrected chi connectivity index (χ4v) is 3.53. The van der Waals surface area contributed by atoms with Crippen molar-refractivity contribution in [1.82, 2.24) is 0 Å². The average molecular weight is 258 g/mol. The number of ether oxygens (including phenoxy) is 1. The van der Waals surface area contributed by atoms with Crippen molar-refractivity contribution in [3.8, 4) is 5.75 Å². The van der Waals surface area contributed by atoms with Gasteiger partial charge in [0.2, 0.25) is 0 Å². The zero-order valence-electron chi connectivity index (χ0n) is 11.1. The Balaban J connectivity index is 2.30. The van der Waals surface area contributed by atoms with E-state index in [1.165, 1.54) is 10.9 Å². The molecule has 94 valence electrons. The van der Waals surface area contributed by atoms with Crippen LogP contribution in [0.5, 0.6) is 5.75 Å². The molecule has 0 aromatic heterocycles. The fourth-order valence-electron chi connectivity index (χ4n) is 2.11. The van der Waals surface area contributed by atoms with Gasteiger partial charge < -0.3 is 4.74 Å². The molecule has 0 heterocycles. The van der Waals surface area contributed by atoms with Crippen molar-refractivity contribution in [3.63, 3.8) is 0 Å². The molecule has 0 bridgehead atoms. The second kappa shape index (κ2) is 5.54. The van der Waals surface area contributed by atoms with E-state index in [0.717, 1.165) is 14.3 Å². The minimum Gasteiger partial charge on any atom is -0.496 e. The summed E-state index contributed by atoms with van der Waals surface area (Å²) in [6, 6.07) is 18.9. The van der Waals surface area contributed by atoms with Gasteiger partial charge in [-0.1, -0.05) is 71.0 Å². The Bertz CT molecular complexity index is 506. The first-order chi connectivity index (χ1) is 8.63. The molecule has 18 heavy (non-hydrogen) atoms. The maximum Gasteiger partial charge on any atom is 0.122 e. The van der Waals surface area contributed by atoms with Gasteiger partial charge in [0.1, 0.15) is 5.75 Å². The molecule has 2 aromatic carbocycles. The zero-order valence-corrected chi connectivity index (χ0v) is 12.1. The third-order valence-electron chi connectivity index (χ3n) is 3.01. The summed E-state index contributed by atoms with van der Waals surface area (Å²) in [5, 5.41) is 1.47. The molecule has 0 spiro atoms. The largest absolute Gasteiger partial charge is 0.496 e. The van der Waals surface area contributed by atoms with Crippen molar-refractivity contribution in [2.24, 2.45) is 0 Å². The summed E-state index contributed by atoms with van der Waals surface area (Å²) in [4.78, 5) is 0. The molecule has 1 nitrogen and oxygen atoms in total. The van der Waals surface area contributed by atoms with Crippen LogP contribution in [0.3, 0.4) is 0 Å². The van der Waals surface area contributed by atoms with Crippen molar-refractivity contribution in [2.75, 3.05) is 7.11 Å². The first-order valence-electron chi connectivity index (χ1n) is 6.10. The number of rotatable bonds is 4. The monoisotopic (exact) mass is 258 g/mol. The van der Waals surface area contributed by atoms with E-state index in [9.17, 15) is 0 Å². The van der Waals surface area contributed by atoms with Crippen LogP contribution in [-0.2, 0) is 5.16 Å². The summed E-state index contributed by atoms with van der Waals surface area (Å²) in [5.41, 5.74) is 1.27. The van der Waals surface area contributed by atoms with E-state index >= 15 is 0 Å². The molecule has 0 saturated heterocycles. The Morgan fingerprint density at radius 1 is 0.889 bits per heavy atom. The van der Waals surface area contributed by atoms with Crippen LogP contribution in [-0.4, -0.2) is 7.11 Å². The van der Waals surface area contributed by atoms with Crippen LogP contribution in [0.2, 0.25) is 0 Å². The van der Waals surface area contributed by atoms with E-state index in [-0.39, 0.29) is 5.16 Å². The standard InChI is InChI=1S/C16H19OP/c1-16(2,18-13-9-5-4-6-10-13)14-11-7-8-12-15(14)17-3/h4-12,18H,1-3H3. The molecule has 0 N–H and O–H groups in total. The van der Waals surface area contributed by atoms with Crippen molar-refractivity contribution in [1.29, 1.82) is 0 Å². The van der Waals surface area contributed by atoms with Crippen LogP contribution < -0.4 is 10.0 Å². The number of hydrogen-bond acceptors (Lipinski definition) is 1. The molecule has 0 aliphatic heterocycles. The minimum atomic E-state index is 0.0912. The second-order valence-electron chi connectivity index (χ2n) is 4.82. The van der Waals surface area contributed by atoms with E-state index in [1.807, 2.05) is 12.1 Å². The van der Waals surface area contributed by atoms with Gasteiger partial charge >= 0.3 is 0 Å². The minimum absolute atomic E-state index is 0.0912. The lowest BCUT2D eigenvalue weighted by atomic mass is 10.0. The molecule has 0 aliphatic carbocycles. The lowest BCUT2D eigenvalue weighted by Crippen LogP contribution is -2.15.